The van der Waals surface area contributed by atoms with E-state index in [0.29, 0.717) is 4.47 Å². The van der Waals surface area contributed by atoms with Crippen LogP contribution in [0.1, 0.15) is 12.8 Å². The highest BCUT2D eigenvalue weighted by atomic mass is 79.9. The molecule has 0 saturated carbocycles. The van der Waals surface area contributed by atoms with Gasteiger partial charge < -0.3 is 9.64 Å². The van der Waals surface area contributed by atoms with E-state index in [0.717, 1.165) is 25.9 Å². The molecule has 3 nitrogen and oxygen atoms in total. The molecular formula is C12H13BrFNO2. The van der Waals surface area contributed by atoms with Crippen LogP contribution in [0.4, 0.5) is 4.39 Å². The first-order chi connectivity index (χ1) is 8.16. The van der Waals surface area contributed by atoms with Crippen LogP contribution in [0.15, 0.2) is 22.7 Å². The molecule has 17 heavy (non-hydrogen) atoms. The van der Waals surface area contributed by atoms with Gasteiger partial charge in [0, 0.05) is 17.6 Å². The number of hydrogen-bond acceptors (Lipinski definition) is 2. The molecule has 0 N–H and O–H groups in total. The van der Waals surface area contributed by atoms with Gasteiger partial charge in [-0.2, -0.15) is 0 Å². The molecule has 1 aliphatic rings. The summed E-state index contributed by atoms with van der Waals surface area (Å²) in [6.45, 7) is 1.47. The summed E-state index contributed by atoms with van der Waals surface area (Å²) in [7, 11) is 0. The van der Waals surface area contributed by atoms with Gasteiger partial charge in [0.25, 0.3) is 5.91 Å². The van der Waals surface area contributed by atoms with Crippen LogP contribution in [-0.2, 0) is 4.79 Å². The maximum absolute atomic E-state index is 13.4. The average Bonchev–Trinajstić information content (AvgIpc) is 2.81. The lowest BCUT2D eigenvalue weighted by Gasteiger charge is -2.15. The van der Waals surface area contributed by atoms with E-state index >= 15 is 0 Å². The van der Waals surface area contributed by atoms with Crippen LogP contribution in [0, 0.1) is 5.82 Å². The molecule has 0 spiro atoms. The predicted molar refractivity (Wildman–Crippen MR) is 65.4 cm³/mol. The third kappa shape index (κ3) is 3.19. The molecule has 0 aliphatic carbocycles. The number of amides is 1. The fraction of sp³-hybridized carbons (Fsp3) is 0.417. The van der Waals surface area contributed by atoms with Crippen molar-refractivity contribution in [2.45, 2.75) is 12.8 Å². The smallest absolute Gasteiger partial charge is 0.260 e. The molecule has 1 amide bonds. The molecule has 1 aromatic carbocycles. The summed E-state index contributed by atoms with van der Waals surface area (Å²) >= 11 is 3.16. The van der Waals surface area contributed by atoms with Crippen LogP contribution >= 0.6 is 15.9 Å². The summed E-state index contributed by atoms with van der Waals surface area (Å²) in [5.41, 5.74) is 0. The average molecular weight is 302 g/mol. The summed E-state index contributed by atoms with van der Waals surface area (Å²) in [5, 5.41) is 0. The van der Waals surface area contributed by atoms with Crippen molar-refractivity contribution >= 4 is 21.8 Å². The number of benzene rings is 1. The van der Waals surface area contributed by atoms with Gasteiger partial charge in [0.05, 0.1) is 0 Å². The molecular weight excluding hydrogens is 289 g/mol. The maximum Gasteiger partial charge on any atom is 0.260 e. The Balaban J connectivity index is 1.90. The monoisotopic (exact) mass is 301 g/mol. The molecule has 0 bridgehead atoms. The van der Waals surface area contributed by atoms with E-state index in [1.165, 1.54) is 12.1 Å². The van der Waals surface area contributed by atoms with Crippen LogP contribution in [0.2, 0.25) is 0 Å². The van der Waals surface area contributed by atoms with Gasteiger partial charge in [-0.15, -0.1) is 0 Å². The van der Waals surface area contributed by atoms with Crippen LogP contribution in [-0.4, -0.2) is 30.5 Å². The number of hydrogen-bond donors (Lipinski definition) is 0. The minimum atomic E-state index is -0.464. The van der Waals surface area contributed by atoms with Gasteiger partial charge in [0.15, 0.2) is 18.2 Å². The number of nitrogens with zero attached hydrogens (tertiary/aromatic N) is 1. The van der Waals surface area contributed by atoms with Gasteiger partial charge >= 0.3 is 0 Å². The van der Waals surface area contributed by atoms with Gasteiger partial charge in [-0.3, -0.25) is 4.79 Å². The SMILES string of the molecule is O=C(COc1ccc(Br)cc1F)N1CCCC1. The Morgan fingerprint density at radius 3 is 2.76 bits per heavy atom. The first-order valence-corrected chi connectivity index (χ1v) is 6.32. The number of carbonyl (C=O) groups is 1. The first kappa shape index (κ1) is 12.4. The van der Waals surface area contributed by atoms with E-state index in [4.69, 9.17) is 4.74 Å². The Hall–Kier alpha value is -1.10. The third-order valence-electron chi connectivity index (χ3n) is 2.70. The van der Waals surface area contributed by atoms with E-state index < -0.39 is 5.82 Å². The number of likely N-dealkylation sites (tertiary alicyclic amines) is 1. The molecule has 0 aromatic heterocycles. The standard InChI is InChI=1S/C12H13BrFNO2/c13-9-3-4-11(10(14)7-9)17-8-12(16)15-5-1-2-6-15/h3-4,7H,1-2,5-6,8H2. The lowest BCUT2D eigenvalue weighted by atomic mass is 10.3. The van der Waals surface area contributed by atoms with E-state index in [1.54, 1.807) is 11.0 Å². The predicted octanol–water partition coefficient (Wildman–Crippen LogP) is 2.59. The minimum Gasteiger partial charge on any atom is -0.481 e. The second-order valence-electron chi connectivity index (χ2n) is 3.95. The summed E-state index contributed by atoms with van der Waals surface area (Å²) in [4.78, 5) is 13.4. The molecule has 0 radical (unpaired) electrons. The zero-order valence-corrected chi connectivity index (χ0v) is 10.9. The van der Waals surface area contributed by atoms with Crippen LogP contribution in [0.3, 0.4) is 0 Å². The quantitative estimate of drug-likeness (QED) is 0.859. The molecule has 92 valence electrons. The Morgan fingerprint density at radius 2 is 2.12 bits per heavy atom. The van der Waals surface area contributed by atoms with Crippen molar-refractivity contribution in [1.82, 2.24) is 4.90 Å². The number of halogens is 2. The van der Waals surface area contributed by atoms with Crippen molar-refractivity contribution in [3.63, 3.8) is 0 Å². The van der Waals surface area contributed by atoms with Gasteiger partial charge in [0.2, 0.25) is 0 Å². The zero-order chi connectivity index (χ0) is 12.3. The molecule has 0 atom stereocenters. The normalized spacial score (nSPS) is 15.1. The van der Waals surface area contributed by atoms with Crippen molar-refractivity contribution in [2.24, 2.45) is 0 Å². The second-order valence-corrected chi connectivity index (χ2v) is 4.87. The Kier molecular flexibility index (Phi) is 3.99. The van der Waals surface area contributed by atoms with E-state index in [-0.39, 0.29) is 18.3 Å². The van der Waals surface area contributed by atoms with Crippen molar-refractivity contribution in [3.8, 4) is 5.75 Å². The van der Waals surface area contributed by atoms with Crippen molar-refractivity contribution < 1.29 is 13.9 Å². The fourth-order valence-corrected chi connectivity index (χ4v) is 2.12. The molecule has 5 heteroatoms. The topological polar surface area (TPSA) is 29.5 Å². The van der Waals surface area contributed by atoms with Gasteiger partial charge in [0.1, 0.15) is 0 Å². The summed E-state index contributed by atoms with van der Waals surface area (Å²) in [5.74, 6) is -0.431. The maximum atomic E-state index is 13.4. The van der Waals surface area contributed by atoms with Crippen molar-refractivity contribution in [3.05, 3.63) is 28.5 Å². The van der Waals surface area contributed by atoms with Gasteiger partial charge in [-0.25, -0.2) is 4.39 Å². The van der Waals surface area contributed by atoms with E-state index in [9.17, 15) is 9.18 Å². The molecule has 1 aromatic rings. The molecule has 1 saturated heterocycles. The molecule has 1 aliphatic heterocycles. The third-order valence-corrected chi connectivity index (χ3v) is 3.20. The summed E-state index contributed by atoms with van der Waals surface area (Å²) in [6.07, 6.45) is 2.08. The van der Waals surface area contributed by atoms with Crippen molar-refractivity contribution in [1.29, 1.82) is 0 Å². The highest BCUT2D eigenvalue weighted by Gasteiger charge is 2.18. The lowest BCUT2D eigenvalue weighted by molar-refractivity contribution is -0.132. The van der Waals surface area contributed by atoms with Crippen LogP contribution in [0.5, 0.6) is 5.75 Å². The number of carbonyl (C=O) groups excluding carboxylic acids is 1. The summed E-state index contributed by atoms with van der Waals surface area (Å²) < 4.78 is 19.2. The largest absolute Gasteiger partial charge is 0.481 e. The molecule has 1 heterocycles. The van der Waals surface area contributed by atoms with E-state index in [2.05, 4.69) is 15.9 Å². The van der Waals surface area contributed by atoms with Gasteiger partial charge in [-0.05, 0) is 31.0 Å². The first-order valence-electron chi connectivity index (χ1n) is 5.52. The lowest BCUT2D eigenvalue weighted by Crippen LogP contribution is -2.32. The molecule has 0 unspecified atom stereocenters. The van der Waals surface area contributed by atoms with Crippen LogP contribution in [0.25, 0.3) is 0 Å². The molecule has 1 fully saturated rings. The van der Waals surface area contributed by atoms with Crippen LogP contribution < -0.4 is 4.74 Å². The zero-order valence-electron chi connectivity index (χ0n) is 9.29. The summed E-state index contributed by atoms with van der Waals surface area (Å²) in [6, 6.07) is 4.51. The highest BCUT2D eigenvalue weighted by Crippen LogP contribution is 2.21. The highest BCUT2D eigenvalue weighted by molar-refractivity contribution is 9.10. The fourth-order valence-electron chi connectivity index (χ4n) is 1.79. The van der Waals surface area contributed by atoms with E-state index in [1.807, 2.05) is 0 Å². The Bertz CT molecular complexity index is 419. The molecule has 2 rings (SSSR count). The Morgan fingerprint density at radius 1 is 1.41 bits per heavy atom. The Labute approximate surface area is 108 Å². The van der Waals surface area contributed by atoms with Gasteiger partial charge in [-0.1, -0.05) is 15.9 Å². The van der Waals surface area contributed by atoms with Crippen molar-refractivity contribution in [2.75, 3.05) is 19.7 Å². The second kappa shape index (κ2) is 5.49. The number of ether oxygens (including phenoxy) is 1. The number of rotatable bonds is 3. The minimum absolute atomic E-state index is 0.0789.